The standard InChI is InChI=1S/C10H16N2O3/c1-5-4-6(11)9(13)12-7(5)2-3-8(12)10(14)15/h5-8H,2-4,11H2,1H3,(H,14,15). The molecule has 15 heavy (non-hydrogen) atoms. The lowest BCUT2D eigenvalue weighted by atomic mass is 9.88. The number of hydrogen-bond donors (Lipinski definition) is 2. The third kappa shape index (κ3) is 1.51. The van der Waals surface area contributed by atoms with Gasteiger partial charge in [-0.05, 0) is 25.2 Å². The van der Waals surface area contributed by atoms with Crippen molar-refractivity contribution in [1.29, 1.82) is 0 Å². The monoisotopic (exact) mass is 212 g/mol. The molecule has 1 amide bonds. The average molecular weight is 212 g/mol. The van der Waals surface area contributed by atoms with Crippen molar-refractivity contribution in [3.8, 4) is 0 Å². The van der Waals surface area contributed by atoms with Crippen molar-refractivity contribution < 1.29 is 14.7 Å². The zero-order valence-electron chi connectivity index (χ0n) is 8.72. The number of carbonyl (C=O) groups excluding carboxylic acids is 1. The molecule has 0 saturated carbocycles. The molecular weight excluding hydrogens is 196 g/mol. The van der Waals surface area contributed by atoms with Crippen LogP contribution in [0.1, 0.15) is 26.2 Å². The van der Waals surface area contributed by atoms with Crippen molar-refractivity contribution in [2.75, 3.05) is 0 Å². The van der Waals surface area contributed by atoms with Gasteiger partial charge in [0, 0.05) is 6.04 Å². The van der Waals surface area contributed by atoms with E-state index in [1.54, 1.807) is 0 Å². The molecule has 4 unspecified atom stereocenters. The summed E-state index contributed by atoms with van der Waals surface area (Å²) in [5, 5.41) is 9.01. The number of nitrogens with zero attached hydrogens (tertiary/aromatic N) is 1. The first-order chi connectivity index (χ1) is 7.02. The van der Waals surface area contributed by atoms with Gasteiger partial charge in [0.05, 0.1) is 6.04 Å². The highest BCUT2D eigenvalue weighted by molar-refractivity contribution is 5.88. The second kappa shape index (κ2) is 3.48. The van der Waals surface area contributed by atoms with Crippen LogP contribution in [0.4, 0.5) is 0 Å². The van der Waals surface area contributed by atoms with E-state index >= 15 is 0 Å². The fourth-order valence-corrected chi connectivity index (χ4v) is 2.81. The van der Waals surface area contributed by atoms with Crippen LogP contribution in [0.2, 0.25) is 0 Å². The third-order valence-corrected chi connectivity index (χ3v) is 3.57. The lowest BCUT2D eigenvalue weighted by Crippen LogP contribution is -2.57. The van der Waals surface area contributed by atoms with Crippen LogP contribution in [0.5, 0.6) is 0 Å². The largest absolute Gasteiger partial charge is 0.480 e. The lowest BCUT2D eigenvalue weighted by molar-refractivity contribution is -0.153. The Morgan fingerprint density at radius 3 is 2.80 bits per heavy atom. The predicted molar refractivity (Wildman–Crippen MR) is 53.0 cm³/mol. The van der Waals surface area contributed by atoms with Crippen molar-refractivity contribution in [2.24, 2.45) is 11.7 Å². The quantitative estimate of drug-likeness (QED) is 0.630. The molecule has 3 N–H and O–H groups in total. The summed E-state index contributed by atoms with van der Waals surface area (Å²) >= 11 is 0. The highest BCUT2D eigenvalue weighted by Crippen LogP contribution is 2.35. The lowest BCUT2D eigenvalue weighted by Gasteiger charge is -2.39. The summed E-state index contributed by atoms with van der Waals surface area (Å²) in [5.41, 5.74) is 5.70. The molecule has 0 aromatic rings. The number of nitrogens with two attached hydrogens (primary N) is 1. The Morgan fingerprint density at radius 2 is 2.20 bits per heavy atom. The van der Waals surface area contributed by atoms with Crippen LogP contribution in [0.25, 0.3) is 0 Å². The van der Waals surface area contributed by atoms with Gasteiger partial charge in [-0.2, -0.15) is 0 Å². The molecule has 2 aliphatic rings. The molecule has 0 spiro atoms. The van der Waals surface area contributed by atoms with E-state index in [1.807, 2.05) is 6.92 Å². The Kier molecular flexibility index (Phi) is 2.42. The number of carbonyl (C=O) groups is 2. The molecule has 2 rings (SSSR count). The summed E-state index contributed by atoms with van der Waals surface area (Å²) in [6.07, 6.45) is 2.02. The Morgan fingerprint density at radius 1 is 1.53 bits per heavy atom. The van der Waals surface area contributed by atoms with E-state index < -0.39 is 18.1 Å². The van der Waals surface area contributed by atoms with Gasteiger partial charge < -0.3 is 15.7 Å². The van der Waals surface area contributed by atoms with Crippen LogP contribution in [0.15, 0.2) is 0 Å². The van der Waals surface area contributed by atoms with E-state index in [0.717, 1.165) is 6.42 Å². The highest BCUT2D eigenvalue weighted by atomic mass is 16.4. The second-order valence-corrected chi connectivity index (χ2v) is 4.56. The number of fused-ring (bicyclic) bond motifs is 1. The minimum Gasteiger partial charge on any atom is -0.480 e. The Balaban J connectivity index is 2.26. The summed E-state index contributed by atoms with van der Waals surface area (Å²) in [7, 11) is 0. The number of hydrogen-bond acceptors (Lipinski definition) is 3. The molecule has 0 aromatic carbocycles. The molecular formula is C10H16N2O3. The third-order valence-electron chi connectivity index (χ3n) is 3.57. The van der Waals surface area contributed by atoms with Crippen molar-refractivity contribution in [3.05, 3.63) is 0 Å². The number of rotatable bonds is 1. The maximum atomic E-state index is 11.8. The van der Waals surface area contributed by atoms with Gasteiger partial charge in [-0.15, -0.1) is 0 Å². The Labute approximate surface area is 88.2 Å². The first kappa shape index (κ1) is 10.4. The first-order valence-electron chi connectivity index (χ1n) is 5.33. The number of piperidine rings is 1. The van der Waals surface area contributed by atoms with Gasteiger partial charge >= 0.3 is 5.97 Å². The number of carboxylic acid groups (broad SMARTS) is 1. The fourth-order valence-electron chi connectivity index (χ4n) is 2.81. The second-order valence-electron chi connectivity index (χ2n) is 4.56. The van der Waals surface area contributed by atoms with E-state index in [0.29, 0.717) is 18.8 Å². The van der Waals surface area contributed by atoms with E-state index in [1.165, 1.54) is 4.90 Å². The molecule has 4 atom stereocenters. The van der Waals surface area contributed by atoms with Gasteiger partial charge in [0.2, 0.25) is 5.91 Å². The van der Waals surface area contributed by atoms with Crippen LogP contribution in [-0.4, -0.2) is 40.0 Å². The summed E-state index contributed by atoms with van der Waals surface area (Å²) < 4.78 is 0. The fraction of sp³-hybridized carbons (Fsp3) is 0.800. The molecule has 2 aliphatic heterocycles. The SMILES string of the molecule is CC1CC(N)C(=O)N2C(C(=O)O)CCC12. The molecule has 0 aliphatic carbocycles. The number of carboxylic acids is 1. The van der Waals surface area contributed by atoms with Crippen LogP contribution < -0.4 is 5.73 Å². The smallest absolute Gasteiger partial charge is 0.326 e. The average Bonchev–Trinajstić information content (AvgIpc) is 2.58. The van der Waals surface area contributed by atoms with Crippen LogP contribution in [-0.2, 0) is 9.59 Å². The zero-order valence-corrected chi connectivity index (χ0v) is 8.72. The minimum absolute atomic E-state index is 0.0819. The van der Waals surface area contributed by atoms with Gasteiger partial charge in [0.15, 0.2) is 0 Å². The molecule has 0 radical (unpaired) electrons. The molecule has 84 valence electrons. The molecule has 5 heteroatoms. The number of amides is 1. The van der Waals surface area contributed by atoms with Gasteiger partial charge in [-0.3, -0.25) is 4.79 Å². The summed E-state index contributed by atoms with van der Waals surface area (Å²) in [5.74, 6) is -0.794. The van der Waals surface area contributed by atoms with E-state index in [2.05, 4.69) is 0 Å². The van der Waals surface area contributed by atoms with Gasteiger partial charge in [0.1, 0.15) is 6.04 Å². The molecule has 2 heterocycles. The number of aliphatic carboxylic acids is 1. The molecule has 2 saturated heterocycles. The molecule has 5 nitrogen and oxygen atoms in total. The van der Waals surface area contributed by atoms with E-state index in [-0.39, 0.29) is 11.9 Å². The van der Waals surface area contributed by atoms with Crippen LogP contribution in [0.3, 0.4) is 0 Å². The highest BCUT2D eigenvalue weighted by Gasteiger charge is 2.47. The van der Waals surface area contributed by atoms with Crippen molar-refractivity contribution in [3.63, 3.8) is 0 Å². The van der Waals surface area contributed by atoms with Crippen LogP contribution in [0, 0.1) is 5.92 Å². The van der Waals surface area contributed by atoms with E-state index in [9.17, 15) is 9.59 Å². The summed E-state index contributed by atoms with van der Waals surface area (Å²) in [6.45, 7) is 2.04. The van der Waals surface area contributed by atoms with Crippen molar-refractivity contribution in [1.82, 2.24) is 4.90 Å². The van der Waals surface area contributed by atoms with Crippen molar-refractivity contribution >= 4 is 11.9 Å². The summed E-state index contributed by atoms with van der Waals surface area (Å²) in [6, 6.07) is -1.09. The van der Waals surface area contributed by atoms with Crippen molar-refractivity contribution in [2.45, 2.75) is 44.3 Å². The normalized spacial score (nSPS) is 40.4. The maximum absolute atomic E-state index is 11.8. The van der Waals surface area contributed by atoms with E-state index in [4.69, 9.17) is 10.8 Å². The van der Waals surface area contributed by atoms with Gasteiger partial charge in [-0.25, -0.2) is 4.79 Å². The minimum atomic E-state index is -0.910. The Bertz CT molecular complexity index is 305. The topological polar surface area (TPSA) is 83.6 Å². The Hall–Kier alpha value is -1.10. The summed E-state index contributed by atoms with van der Waals surface area (Å²) in [4.78, 5) is 24.3. The molecule has 0 bridgehead atoms. The van der Waals surface area contributed by atoms with Gasteiger partial charge in [0.25, 0.3) is 0 Å². The van der Waals surface area contributed by atoms with Gasteiger partial charge in [-0.1, -0.05) is 6.92 Å². The zero-order chi connectivity index (χ0) is 11.2. The van der Waals surface area contributed by atoms with Crippen LogP contribution >= 0.6 is 0 Å². The first-order valence-corrected chi connectivity index (χ1v) is 5.33. The maximum Gasteiger partial charge on any atom is 0.326 e. The predicted octanol–water partition coefficient (Wildman–Crippen LogP) is -0.202. The molecule has 0 aromatic heterocycles. The molecule has 2 fully saturated rings.